The van der Waals surface area contributed by atoms with Crippen molar-refractivity contribution in [3.05, 3.63) is 143 Å². The van der Waals surface area contributed by atoms with Crippen LogP contribution >= 0.6 is 0 Å². The Labute approximate surface area is 255 Å². The molecule has 10 nitrogen and oxygen atoms in total. The largest absolute Gasteiger partial charge is 0.351 e. The highest BCUT2D eigenvalue weighted by Crippen LogP contribution is 2.08. The van der Waals surface area contributed by atoms with Crippen LogP contribution < -0.4 is 21.3 Å². The van der Waals surface area contributed by atoms with Gasteiger partial charge in [0, 0.05) is 49.0 Å². The van der Waals surface area contributed by atoms with E-state index in [2.05, 4.69) is 31.2 Å². The van der Waals surface area contributed by atoms with E-state index in [0.29, 0.717) is 48.2 Å². The molecule has 4 N–H and O–H groups in total. The average molecular weight is 589 g/mol. The quantitative estimate of drug-likeness (QED) is 0.139. The predicted molar refractivity (Wildman–Crippen MR) is 167 cm³/mol. The number of hydrogen-bond acceptors (Lipinski definition) is 6. The summed E-state index contributed by atoms with van der Waals surface area (Å²) in [6, 6.07) is 24.2. The van der Waals surface area contributed by atoms with Crippen molar-refractivity contribution in [1.29, 1.82) is 0 Å². The third-order valence-electron chi connectivity index (χ3n) is 6.22. The number of carbonyl (C=O) groups excluding carboxylic acids is 4. The SMILES string of the molecule is O=C(NCCCCNC(=O)/C(=C/c1cccnc1)NC(=O)c1ccccc1)/C(=C/c1cccnc1)NC(=O)c1ccccc1. The lowest BCUT2D eigenvalue weighted by Gasteiger charge is -2.12. The van der Waals surface area contributed by atoms with Gasteiger partial charge in [0.2, 0.25) is 0 Å². The molecule has 2 aromatic heterocycles. The van der Waals surface area contributed by atoms with Crippen molar-refractivity contribution in [3.8, 4) is 0 Å². The molecule has 0 unspecified atom stereocenters. The number of benzene rings is 2. The topological polar surface area (TPSA) is 142 Å². The molecule has 2 aromatic carbocycles. The van der Waals surface area contributed by atoms with E-state index < -0.39 is 23.6 Å². The number of nitrogens with zero attached hydrogens (tertiary/aromatic N) is 2. The van der Waals surface area contributed by atoms with E-state index in [1.165, 1.54) is 0 Å². The molecule has 0 aliphatic rings. The summed E-state index contributed by atoms with van der Waals surface area (Å²) in [6.45, 7) is 0.618. The van der Waals surface area contributed by atoms with Gasteiger partial charge in [0.1, 0.15) is 11.4 Å². The van der Waals surface area contributed by atoms with Crippen LogP contribution in [0.15, 0.2) is 121 Å². The Balaban J connectivity index is 1.30. The summed E-state index contributed by atoms with van der Waals surface area (Å²) in [5, 5.41) is 11.0. The number of pyridine rings is 2. The number of aromatic nitrogens is 2. The van der Waals surface area contributed by atoms with Gasteiger partial charge in [-0.1, -0.05) is 48.5 Å². The monoisotopic (exact) mass is 588 g/mol. The van der Waals surface area contributed by atoms with Crippen molar-refractivity contribution in [2.75, 3.05) is 13.1 Å². The lowest BCUT2D eigenvalue weighted by molar-refractivity contribution is -0.118. The smallest absolute Gasteiger partial charge is 0.267 e. The number of nitrogens with one attached hydrogen (secondary N) is 4. The van der Waals surface area contributed by atoms with E-state index >= 15 is 0 Å². The zero-order chi connectivity index (χ0) is 31.0. The molecule has 0 spiro atoms. The van der Waals surface area contributed by atoms with E-state index in [4.69, 9.17) is 0 Å². The molecule has 0 atom stereocenters. The maximum atomic E-state index is 13.0. The standard InChI is InChI=1S/C34H32N6O4/c41-31(27-13-3-1-4-14-27)39-29(21-25-11-9-17-35-23-25)33(43)37-19-7-8-20-38-34(44)30(22-26-12-10-18-36-24-26)40-32(42)28-15-5-2-6-16-28/h1-6,9-18,21-24H,7-8,19-20H2,(H,37,43)(H,38,44)(H,39,41)(H,40,42)/b29-21-,30-22-. The summed E-state index contributed by atoms with van der Waals surface area (Å²) >= 11 is 0. The highest BCUT2D eigenvalue weighted by Gasteiger charge is 2.16. The minimum Gasteiger partial charge on any atom is -0.351 e. The van der Waals surface area contributed by atoms with E-state index in [-0.39, 0.29) is 11.4 Å². The Morgan fingerprint density at radius 2 is 0.955 bits per heavy atom. The molecule has 4 amide bonds. The lowest BCUT2D eigenvalue weighted by Crippen LogP contribution is -2.36. The van der Waals surface area contributed by atoms with Crippen LogP contribution in [0.4, 0.5) is 0 Å². The van der Waals surface area contributed by atoms with Gasteiger partial charge < -0.3 is 21.3 Å². The molecule has 4 rings (SSSR count). The molecule has 0 saturated carbocycles. The molecule has 10 heteroatoms. The summed E-state index contributed by atoms with van der Waals surface area (Å²) in [6.07, 6.45) is 10.6. The molecule has 4 aromatic rings. The summed E-state index contributed by atoms with van der Waals surface area (Å²) in [7, 11) is 0. The van der Waals surface area contributed by atoms with Crippen LogP contribution in [0.1, 0.15) is 44.7 Å². The minimum absolute atomic E-state index is 0.0829. The van der Waals surface area contributed by atoms with Crippen LogP contribution in [-0.4, -0.2) is 46.7 Å². The summed E-state index contributed by atoms with van der Waals surface area (Å²) in [5.74, 6) is -1.72. The Hall–Kier alpha value is -5.90. The Bertz CT molecular complexity index is 1490. The van der Waals surface area contributed by atoms with Gasteiger partial charge in [-0.3, -0.25) is 29.1 Å². The Kier molecular flexibility index (Phi) is 11.7. The summed E-state index contributed by atoms with van der Waals surface area (Å²) in [5.41, 5.74) is 2.32. The van der Waals surface area contributed by atoms with Crippen molar-refractivity contribution in [1.82, 2.24) is 31.2 Å². The van der Waals surface area contributed by atoms with Gasteiger partial charge in [0.25, 0.3) is 23.6 Å². The van der Waals surface area contributed by atoms with Crippen LogP contribution in [0, 0.1) is 0 Å². The summed E-state index contributed by atoms with van der Waals surface area (Å²) < 4.78 is 0. The fourth-order valence-electron chi connectivity index (χ4n) is 3.99. The third-order valence-corrected chi connectivity index (χ3v) is 6.22. The Morgan fingerprint density at radius 3 is 1.32 bits per heavy atom. The van der Waals surface area contributed by atoms with Crippen LogP contribution in [0.2, 0.25) is 0 Å². The number of unbranched alkanes of at least 4 members (excludes halogenated alkanes) is 1. The number of carbonyl (C=O) groups is 4. The molecule has 0 fully saturated rings. The molecular formula is C34H32N6O4. The van der Waals surface area contributed by atoms with Gasteiger partial charge in [-0.05, 0) is 72.5 Å². The highest BCUT2D eigenvalue weighted by atomic mass is 16.2. The fraction of sp³-hybridized carbons (Fsp3) is 0.118. The molecule has 0 aliphatic heterocycles. The highest BCUT2D eigenvalue weighted by molar-refractivity contribution is 6.06. The van der Waals surface area contributed by atoms with Crippen LogP contribution in [0.25, 0.3) is 12.2 Å². The number of amides is 4. The van der Waals surface area contributed by atoms with Crippen molar-refractivity contribution >= 4 is 35.8 Å². The first-order chi connectivity index (χ1) is 21.5. The molecule has 2 heterocycles. The molecule has 0 radical (unpaired) electrons. The Morgan fingerprint density at radius 1 is 0.545 bits per heavy atom. The van der Waals surface area contributed by atoms with Gasteiger partial charge in [0.15, 0.2) is 0 Å². The lowest BCUT2D eigenvalue weighted by atomic mass is 10.2. The molecular weight excluding hydrogens is 556 g/mol. The normalized spacial score (nSPS) is 11.3. The minimum atomic E-state index is -0.451. The molecule has 0 aliphatic carbocycles. The van der Waals surface area contributed by atoms with Crippen LogP contribution in [0.5, 0.6) is 0 Å². The predicted octanol–water partition coefficient (Wildman–Crippen LogP) is 3.73. The maximum absolute atomic E-state index is 13.0. The second-order valence-electron chi connectivity index (χ2n) is 9.55. The van der Waals surface area contributed by atoms with Crippen molar-refractivity contribution in [2.24, 2.45) is 0 Å². The van der Waals surface area contributed by atoms with Gasteiger partial charge in [0.05, 0.1) is 0 Å². The number of hydrogen-bond donors (Lipinski definition) is 4. The van der Waals surface area contributed by atoms with Crippen molar-refractivity contribution in [2.45, 2.75) is 12.8 Å². The molecule has 0 bridgehead atoms. The van der Waals surface area contributed by atoms with Gasteiger partial charge in [-0.15, -0.1) is 0 Å². The fourth-order valence-corrected chi connectivity index (χ4v) is 3.99. The molecule has 222 valence electrons. The second kappa shape index (κ2) is 16.5. The molecule has 0 saturated heterocycles. The van der Waals surface area contributed by atoms with Crippen LogP contribution in [0.3, 0.4) is 0 Å². The van der Waals surface area contributed by atoms with E-state index in [1.54, 1.807) is 122 Å². The number of rotatable bonds is 13. The van der Waals surface area contributed by atoms with E-state index in [0.717, 1.165) is 0 Å². The average Bonchev–Trinajstić information content (AvgIpc) is 3.07. The second-order valence-corrected chi connectivity index (χ2v) is 9.55. The first-order valence-corrected chi connectivity index (χ1v) is 14.0. The third kappa shape index (κ3) is 9.88. The van der Waals surface area contributed by atoms with E-state index in [1.807, 2.05) is 0 Å². The van der Waals surface area contributed by atoms with Crippen LogP contribution in [-0.2, 0) is 9.59 Å². The van der Waals surface area contributed by atoms with Crippen molar-refractivity contribution < 1.29 is 19.2 Å². The first-order valence-electron chi connectivity index (χ1n) is 14.0. The molecule has 44 heavy (non-hydrogen) atoms. The van der Waals surface area contributed by atoms with Gasteiger partial charge in [-0.25, -0.2) is 0 Å². The first kappa shape index (κ1) is 31.0. The van der Waals surface area contributed by atoms with Gasteiger partial charge in [-0.2, -0.15) is 0 Å². The maximum Gasteiger partial charge on any atom is 0.267 e. The van der Waals surface area contributed by atoms with E-state index in [9.17, 15) is 19.2 Å². The zero-order valence-electron chi connectivity index (χ0n) is 23.9. The van der Waals surface area contributed by atoms with Gasteiger partial charge >= 0.3 is 0 Å². The van der Waals surface area contributed by atoms with Crippen molar-refractivity contribution in [3.63, 3.8) is 0 Å². The summed E-state index contributed by atoms with van der Waals surface area (Å²) in [4.78, 5) is 59.6. The zero-order valence-corrected chi connectivity index (χ0v) is 23.9.